The van der Waals surface area contributed by atoms with Gasteiger partial charge in [-0.05, 0) is 171 Å². The van der Waals surface area contributed by atoms with Crippen molar-refractivity contribution in [2.24, 2.45) is 0 Å². The molecule has 0 radical (unpaired) electrons. The number of phenols is 1. The quantitative estimate of drug-likeness (QED) is 0.0122. The number of ketones is 1. The van der Waals surface area contributed by atoms with Gasteiger partial charge in [-0.2, -0.15) is 13.2 Å². The molecule has 1 N–H and O–H groups in total. The van der Waals surface area contributed by atoms with E-state index in [0.717, 1.165) is 49.1 Å². The number of carbonyl (C=O) groups excluding carboxylic acids is 2. The molecule has 9 rings (SSSR count). The van der Waals surface area contributed by atoms with Gasteiger partial charge in [-0.25, -0.2) is 21.6 Å². The molecule has 1 saturated carbocycles. The van der Waals surface area contributed by atoms with E-state index in [-0.39, 0.29) is 29.1 Å². The third-order valence-corrected chi connectivity index (χ3v) is 19.4. The fourth-order valence-electron chi connectivity index (χ4n) is 10.0. The van der Waals surface area contributed by atoms with E-state index in [9.17, 15) is 48.9 Å². The van der Waals surface area contributed by atoms with E-state index in [1.807, 2.05) is 57.2 Å². The number of ether oxygens (including phenoxy) is 3. The second-order valence-corrected chi connectivity index (χ2v) is 26.7. The van der Waals surface area contributed by atoms with Crippen LogP contribution in [0.1, 0.15) is 200 Å². The van der Waals surface area contributed by atoms with Crippen molar-refractivity contribution in [1.82, 2.24) is 0 Å². The molecular formula is C77H88F6O9S2. The second kappa shape index (κ2) is 37.4. The average Bonchev–Trinajstić information content (AvgIpc) is 0.742. The molecule has 0 heterocycles. The van der Waals surface area contributed by atoms with Crippen molar-refractivity contribution in [3.05, 3.63) is 244 Å². The van der Waals surface area contributed by atoms with Crippen molar-refractivity contribution >= 4 is 32.8 Å². The largest absolute Gasteiger partial charge is 0.744 e. The van der Waals surface area contributed by atoms with Crippen molar-refractivity contribution < 1.29 is 68.2 Å². The maximum Gasteiger partial charge on any atom is 0.420 e. The van der Waals surface area contributed by atoms with Gasteiger partial charge in [-0.15, -0.1) is 0 Å². The Morgan fingerprint density at radius 1 is 0.564 bits per heavy atom. The van der Waals surface area contributed by atoms with E-state index in [0.29, 0.717) is 35.4 Å². The topological polar surface area (TPSA) is 139 Å². The zero-order chi connectivity index (χ0) is 69.3. The Morgan fingerprint density at radius 2 is 1.01 bits per heavy atom. The lowest BCUT2D eigenvalue weighted by molar-refractivity contribution is -0.143. The minimum atomic E-state index is -6.25. The molecule has 0 aliphatic heterocycles. The van der Waals surface area contributed by atoms with Crippen molar-refractivity contribution in [2.75, 3.05) is 0 Å². The number of halogens is 6. The Labute approximate surface area is 555 Å². The maximum atomic E-state index is 14.4. The van der Waals surface area contributed by atoms with Crippen LogP contribution in [-0.4, -0.2) is 42.2 Å². The van der Waals surface area contributed by atoms with Crippen molar-refractivity contribution in [3.8, 4) is 17.2 Å². The third kappa shape index (κ3) is 23.3. The predicted octanol–water partition coefficient (Wildman–Crippen LogP) is 21.2. The van der Waals surface area contributed by atoms with Crippen LogP contribution < -0.4 is 9.47 Å². The number of esters is 1. The summed E-state index contributed by atoms with van der Waals surface area (Å²) in [7, 11) is -6.28. The fourth-order valence-corrected chi connectivity index (χ4v) is 12.9. The minimum absolute atomic E-state index is 0.0229. The van der Waals surface area contributed by atoms with Crippen molar-refractivity contribution in [3.63, 3.8) is 0 Å². The van der Waals surface area contributed by atoms with Gasteiger partial charge in [0.25, 0.3) is 0 Å². The monoisotopic (exact) mass is 1330 g/mol. The first kappa shape index (κ1) is 77.0. The number of alkyl halides is 3. The molecule has 0 aromatic heterocycles. The van der Waals surface area contributed by atoms with Crippen LogP contribution in [0.25, 0.3) is 0 Å². The van der Waals surface area contributed by atoms with Crippen LogP contribution >= 0.6 is 0 Å². The molecule has 5 atom stereocenters. The van der Waals surface area contributed by atoms with Gasteiger partial charge in [-0.1, -0.05) is 189 Å². The molecule has 0 amide bonds. The normalized spacial score (nSPS) is 13.9. The summed E-state index contributed by atoms with van der Waals surface area (Å²) < 4.78 is 132. The number of rotatable bonds is 19. The van der Waals surface area contributed by atoms with E-state index >= 15 is 0 Å². The van der Waals surface area contributed by atoms with Crippen LogP contribution in [0.15, 0.2) is 202 Å². The molecule has 1 aliphatic carbocycles. The number of aromatic hydroxyl groups is 1. The summed E-state index contributed by atoms with van der Waals surface area (Å²) in [6.07, 6.45) is 4.71. The second-order valence-electron chi connectivity index (χ2n) is 23.3. The number of hydrogen-bond acceptors (Lipinski definition) is 9. The van der Waals surface area contributed by atoms with Gasteiger partial charge in [0.1, 0.15) is 37.8 Å². The number of benzene rings is 8. The summed E-state index contributed by atoms with van der Waals surface area (Å²) in [5, 5.41) is 9.16. The molecule has 5 unspecified atom stereocenters. The first-order chi connectivity index (χ1) is 44.6. The highest BCUT2D eigenvalue weighted by atomic mass is 32.2. The summed E-state index contributed by atoms with van der Waals surface area (Å²) in [6.45, 7) is 22.4. The summed E-state index contributed by atoms with van der Waals surface area (Å²) in [5.74, 6) is -6.26. The van der Waals surface area contributed by atoms with Crippen LogP contribution in [0.4, 0.5) is 26.3 Å². The molecular weight excluding hydrogens is 1250 g/mol. The van der Waals surface area contributed by atoms with Gasteiger partial charge in [0, 0.05) is 12.5 Å². The van der Waals surface area contributed by atoms with Gasteiger partial charge in [0.15, 0.2) is 44.2 Å². The SMILES string of the molecule is CCC(C)c1ccc(C(=O)c2c(F)c(F)c(S(=O)(=O)[O-])c(C(F)(F)F)c2F)cc1.CCC(C)c1cccc(O)c1.CCC(C)c1cccc(OC(C)=O)c1.CCC(C)c1cccc(OC(C)OC2CCCCC2)c1.Cc1ccc([S+](c2ccccc2)c2ccccc2)cc1. The molecule has 17 heteroatoms. The molecule has 9 nitrogen and oxygen atoms in total. The fraction of sp³-hybridized carbons (Fsp3) is 0.351. The number of phenolic OH excluding ortho intramolecular Hbond substituents is 1. The lowest BCUT2D eigenvalue weighted by Gasteiger charge is -2.26. The molecule has 0 saturated heterocycles. The van der Waals surface area contributed by atoms with Gasteiger partial charge < -0.3 is 23.9 Å². The highest BCUT2D eigenvalue weighted by Gasteiger charge is 2.45. The molecule has 8 aromatic rings. The highest BCUT2D eigenvalue weighted by Crippen LogP contribution is 2.41. The lowest BCUT2D eigenvalue weighted by Crippen LogP contribution is -2.26. The van der Waals surface area contributed by atoms with E-state index < -0.39 is 61.1 Å². The molecule has 1 fully saturated rings. The molecule has 0 spiro atoms. The summed E-state index contributed by atoms with van der Waals surface area (Å²) in [5.41, 5.74) is 0.552. The Balaban J connectivity index is 0.000000221. The predicted molar refractivity (Wildman–Crippen MR) is 361 cm³/mol. The zero-order valence-corrected chi connectivity index (χ0v) is 57.1. The first-order valence-corrected chi connectivity index (χ1v) is 34.5. The smallest absolute Gasteiger partial charge is 0.420 e. The van der Waals surface area contributed by atoms with Gasteiger partial charge in [0.05, 0.1) is 22.6 Å². The molecule has 0 bridgehead atoms. The summed E-state index contributed by atoms with van der Waals surface area (Å²) in [6, 6.07) is 59.0. The number of aryl methyl sites for hydroxylation is 1. The van der Waals surface area contributed by atoms with Crippen LogP contribution in [0, 0.1) is 24.4 Å². The molecule has 94 heavy (non-hydrogen) atoms. The van der Waals surface area contributed by atoms with Crippen LogP contribution in [0.3, 0.4) is 0 Å². The molecule has 504 valence electrons. The van der Waals surface area contributed by atoms with Gasteiger partial charge in [-0.3, -0.25) is 9.59 Å². The van der Waals surface area contributed by atoms with E-state index in [1.165, 1.54) is 88.1 Å². The van der Waals surface area contributed by atoms with E-state index in [4.69, 9.17) is 19.3 Å². The summed E-state index contributed by atoms with van der Waals surface area (Å²) in [4.78, 5) is 24.5. The maximum absolute atomic E-state index is 14.4. The minimum Gasteiger partial charge on any atom is -0.744 e. The number of carbonyl (C=O) groups is 2. The van der Waals surface area contributed by atoms with E-state index in [2.05, 4.69) is 158 Å². The van der Waals surface area contributed by atoms with Crippen LogP contribution in [0.5, 0.6) is 17.2 Å². The summed E-state index contributed by atoms with van der Waals surface area (Å²) >= 11 is 0. The van der Waals surface area contributed by atoms with Gasteiger partial charge in [0.2, 0.25) is 0 Å². The zero-order valence-electron chi connectivity index (χ0n) is 55.4. The van der Waals surface area contributed by atoms with Gasteiger partial charge >= 0.3 is 12.1 Å². The molecule has 1 aliphatic rings. The van der Waals surface area contributed by atoms with Crippen LogP contribution in [-0.2, 0) is 36.7 Å². The third-order valence-electron chi connectivity index (χ3n) is 16.2. The highest BCUT2D eigenvalue weighted by molar-refractivity contribution is 7.97. The molecule has 8 aromatic carbocycles. The lowest BCUT2D eigenvalue weighted by atomic mass is 9.94. The van der Waals surface area contributed by atoms with Crippen molar-refractivity contribution in [1.29, 1.82) is 0 Å². The van der Waals surface area contributed by atoms with Crippen molar-refractivity contribution in [2.45, 2.75) is 196 Å². The first-order valence-electron chi connectivity index (χ1n) is 31.9. The Hall–Kier alpha value is -7.70. The van der Waals surface area contributed by atoms with Crippen LogP contribution in [0.2, 0.25) is 0 Å². The Morgan fingerprint density at radius 3 is 1.47 bits per heavy atom. The number of hydrogen-bond donors (Lipinski definition) is 1. The Kier molecular flexibility index (Phi) is 30.6. The van der Waals surface area contributed by atoms with E-state index in [1.54, 1.807) is 12.1 Å². The Bertz CT molecular complexity index is 3710. The average molecular weight is 1340 g/mol. The standard InChI is InChI=1S/C19H17S.C18H14F6O4S.C18H28O2.C12H16O2.C10H14O/c1-16-12-14-19(15-13-16)20(17-8-4-2-5-9-17)18-10-6-3-7-11-18;1-3-8(2)9-4-6-10(7-5-9)16(25)11-13(19)12(18(22,23)24)17(29(26,27)28)15(21)14(11)20;1-4-14(2)16-9-8-12-18(13-16)20-15(3)19-17-10-6-5-7-11-17;1-4-9(2)11-6-5-7-12(8-11)14-10(3)13;1-3-8(2)9-5-4-6-10(11)7-9/h2-15H,1H3;4-8H,3H2,1-2H3,(H,26,27,28);8-9,12-15,17H,4-7,10-11H2,1-3H3;5-9H,4H2,1-3H3;4-8,11H,3H2,1-2H3/q+1;;;;/p-1.